The first-order valence-corrected chi connectivity index (χ1v) is 7.64. The van der Waals surface area contributed by atoms with Gasteiger partial charge in [-0.15, -0.1) is 0 Å². The minimum Gasteiger partial charge on any atom is -0.465 e. The second-order valence-electron chi connectivity index (χ2n) is 5.72. The maximum Gasteiger partial charge on any atom is 0.339 e. The van der Waals surface area contributed by atoms with Crippen LogP contribution in [0.15, 0.2) is 18.2 Å². The molecule has 1 aromatic carbocycles. The van der Waals surface area contributed by atoms with E-state index in [4.69, 9.17) is 4.74 Å². The molecule has 2 rings (SSSR count). The fourth-order valence-electron chi connectivity index (χ4n) is 2.26. The number of rotatable bonds is 6. The van der Waals surface area contributed by atoms with Crippen molar-refractivity contribution in [3.8, 4) is 0 Å². The second-order valence-corrected chi connectivity index (χ2v) is 5.72. The molecule has 0 aliphatic heterocycles. The Kier molecular flexibility index (Phi) is 5.74. The SMILES string of the molecule is COC(=O)c1ccc(C(=O)OC)c(NC(=O)COC(=O)[C@@H]2C[C@@H]2C)c1. The van der Waals surface area contributed by atoms with E-state index in [0.717, 1.165) is 6.42 Å². The van der Waals surface area contributed by atoms with Crippen molar-refractivity contribution < 1.29 is 33.4 Å². The molecular weight excluding hydrogens is 330 g/mol. The Bertz CT molecular complexity index is 713. The summed E-state index contributed by atoms with van der Waals surface area (Å²) in [6.07, 6.45) is 0.758. The molecule has 25 heavy (non-hydrogen) atoms. The average Bonchev–Trinajstić information content (AvgIpc) is 3.35. The number of carbonyl (C=O) groups is 4. The van der Waals surface area contributed by atoms with Gasteiger partial charge in [0.25, 0.3) is 5.91 Å². The summed E-state index contributed by atoms with van der Waals surface area (Å²) in [6, 6.07) is 4.01. The molecular formula is C17H19NO7. The van der Waals surface area contributed by atoms with Gasteiger partial charge in [-0.3, -0.25) is 9.59 Å². The smallest absolute Gasteiger partial charge is 0.339 e. The quantitative estimate of drug-likeness (QED) is 0.611. The van der Waals surface area contributed by atoms with Gasteiger partial charge in [-0.05, 0) is 30.5 Å². The molecule has 0 saturated heterocycles. The number of anilines is 1. The van der Waals surface area contributed by atoms with Gasteiger partial charge < -0.3 is 19.5 Å². The number of carbonyl (C=O) groups excluding carboxylic acids is 4. The Balaban J connectivity index is 2.09. The molecule has 0 bridgehead atoms. The molecule has 1 aliphatic rings. The van der Waals surface area contributed by atoms with E-state index in [9.17, 15) is 19.2 Å². The van der Waals surface area contributed by atoms with Gasteiger partial charge in [0.15, 0.2) is 6.61 Å². The van der Waals surface area contributed by atoms with Gasteiger partial charge in [-0.25, -0.2) is 9.59 Å². The zero-order valence-electron chi connectivity index (χ0n) is 14.2. The van der Waals surface area contributed by atoms with Gasteiger partial charge in [0.2, 0.25) is 0 Å². The van der Waals surface area contributed by atoms with Gasteiger partial charge >= 0.3 is 17.9 Å². The number of amides is 1. The van der Waals surface area contributed by atoms with Gasteiger partial charge in [0.05, 0.1) is 37.0 Å². The molecule has 2 atom stereocenters. The van der Waals surface area contributed by atoms with E-state index in [-0.39, 0.29) is 28.7 Å². The molecule has 0 unspecified atom stereocenters. The number of esters is 3. The normalized spacial score (nSPS) is 18.0. The lowest BCUT2D eigenvalue weighted by atomic mass is 10.1. The van der Waals surface area contributed by atoms with Crippen molar-refractivity contribution in [2.24, 2.45) is 11.8 Å². The lowest BCUT2D eigenvalue weighted by Gasteiger charge is -2.11. The van der Waals surface area contributed by atoms with Crippen LogP contribution in [0.3, 0.4) is 0 Å². The van der Waals surface area contributed by atoms with Crippen LogP contribution in [0, 0.1) is 11.8 Å². The highest BCUT2D eigenvalue weighted by molar-refractivity contribution is 6.04. The third-order valence-corrected chi connectivity index (χ3v) is 3.88. The molecule has 0 spiro atoms. The fourth-order valence-corrected chi connectivity index (χ4v) is 2.26. The van der Waals surface area contributed by atoms with Crippen LogP contribution in [-0.4, -0.2) is 44.6 Å². The number of benzene rings is 1. The summed E-state index contributed by atoms with van der Waals surface area (Å²) in [5.41, 5.74) is 0.274. The summed E-state index contributed by atoms with van der Waals surface area (Å²) in [7, 11) is 2.41. The molecule has 0 heterocycles. The molecule has 1 aromatic rings. The molecule has 1 N–H and O–H groups in total. The number of hydrogen-bond donors (Lipinski definition) is 1. The summed E-state index contributed by atoms with van der Waals surface area (Å²) in [5.74, 6) is -2.23. The summed E-state index contributed by atoms with van der Waals surface area (Å²) in [6.45, 7) is 1.44. The highest BCUT2D eigenvalue weighted by atomic mass is 16.5. The molecule has 0 radical (unpaired) electrons. The van der Waals surface area contributed by atoms with Crippen molar-refractivity contribution in [1.29, 1.82) is 0 Å². The highest BCUT2D eigenvalue weighted by Crippen LogP contribution is 2.38. The van der Waals surface area contributed by atoms with E-state index in [0.29, 0.717) is 0 Å². The lowest BCUT2D eigenvalue weighted by Crippen LogP contribution is -2.23. The summed E-state index contributed by atoms with van der Waals surface area (Å²) < 4.78 is 14.2. The van der Waals surface area contributed by atoms with Gasteiger partial charge in [-0.2, -0.15) is 0 Å². The van der Waals surface area contributed by atoms with Gasteiger partial charge in [0, 0.05) is 0 Å². The molecule has 8 heteroatoms. The Morgan fingerprint density at radius 1 is 1.12 bits per heavy atom. The van der Waals surface area contributed by atoms with Crippen molar-refractivity contribution in [1.82, 2.24) is 0 Å². The summed E-state index contributed by atoms with van der Waals surface area (Å²) >= 11 is 0. The highest BCUT2D eigenvalue weighted by Gasteiger charge is 2.40. The molecule has 8 nitrogen and oxygen atoms in total. The van der Waals surface area contributed by atoms with Gasteiger partial charge in [-0.1, -0.05) is 6.92 Å². The maximum atomic E-state index is 12.0. The first kappa shape index (κ1) is 18.4. The zero-order valence-corrected chi connectivity index (χ0v) is 14.2. The largest absolute Gasteiger partial charge is 0.465 e. The minimum absolute atomic E-state index is 0.0608. The van der Waals surface area contributed by atoms with Crippen molar-refractivity contribution >= 4 is 29.5 Å². The monoisotopic (exact) mass is 349 g/mol. The molecule has 1 saturated carbocycles. The number of ether oxygens (including phenoxy) is 3. The topological polar surface area (TPSA) is 108 Å². The number of methoxy groups -OCH3 is 2. The Morgan fingerprint density at radius 3 is 2.32 bits per heavy atom. The van der Waals surface area contributed by atoms with Crippen molar-refractivity contribution in [3.63, 3.8) is 0 Å². The predicted octanol–water partition coefficient (Wildman–Crippen LogP) is 1.40. The van der Waals surface area contributed by atoms with Crippen LogP contribution < -0.4 is 5.32 Å². The van der Waals surface area contributed by atoms with Crippen LogP contribution in [0.1, 0.15) is 34.1 Å². The molecule has 1 aliphatic carbocycles. The lowest BCUT2D eigenvalue weighted by molar-refractivity contribution is -0.148. The Morgan fingerprint density at radius 2 is 1.76 bits per heavy atom. The third kappa shape index (κ3) is 4.56. The standard InChI is InChI=1S/C17H19NO7/c1-9-6-12(9)17(22)25-8-14(19)18-13-7-10(15(20)23-2)4-5-11(13)16(21)24-3/h4-5,7,9,12H,6,8H2,1-3H3,(H,18,19)/t9-,12+/m0/s1. The van der Waals surface area contributed by atoms with Gasteiger partial charge in [0.1, 0.15) is 0 Å². The van der Waals surface area contributed by atoms with E-state index < -0.39 is 30.4 Å². The minimum atomic E-state index is -0.685. The predicted molar refractivity (Wildman–Crippen MR) is 86.0 cm³/mol. The number of nitrogens with one attached hydrogen (secondary N) is 1. The fraction of sp³-hybridized carbons (Fsp3) is 0.412. The average molecular weight is 349 g/mol. The van der Waals surface area contributed by atoms with Crippen molar-refractivity contribution in [3.05, 3.63) is 29.3 Å². The van der Waals surface area contributed by atoms with Crippen LogP contribution in [0.5, 0.6) is 0 Å². The van der Waals surface area contributed by atoms with E-state index in [1.54, 1.807) is 0 Å². The van der Waals surface area contributed by atoms with Crippen LogP contribution in [0.4, 0.5) is 5.69 Å². The molecule has 134 valence electrons. The summed E-state index contributed by atoms with van der Waals surface area (Å²) in [4.78, 5) is 47.0. The van der Waals surface area contributed by atoms with E-state index in [2.05, 4.69) is 14.8 Å². The van der Waals surface area contributed by atoms with E-state index in [1.807, 2.05) is 6.92 Å². The van der Waals surface area contributed by atoms with E-state index >= 15 is 0 Å². The first-order valence-electron chi connectivity index (χ1n) is 7.64. The molecule has 1 amide bonds. The second kappa shape index (κ2) is 7.78. The van der Waals surface area contributed by atoms with Crippen molar-refractivity contribution in [2.75, 3.05) is 26.1 Å². The van der Waals surface area contributed by atoms with Crippen LogP contribution in [0.2, 0.25) is 0 Å². The molecule has 0 aromatic heterocycles. The van der Waals surface area contributed by atoms with Crippen LogP contribution in [-0.2, 0) is 23.8 Å². The zero-order chi connectivity index (χ0) is 18.6. The van der Waals surface area contributed by atoms with Crippen molar-refractivity contribution in [2.45, 2.75) is 13.3 Å². The first-order chi connectivity index (χ1) is 11.9. The Labute approximate surface area is 144 Å². The van der Waals surface area contributed by atoms with E-state index in [1.165, 1.54) is 32.4 Å². The summed E-state index contributed by atoms with van der Waals surface area (Å²) in [5, 5.41) is 2.45. The van der Waals surface area contributed by atoms with Crippen LogP contribution in [0.25, 0.3) is 0 Å². The van der Waals surface area contributed by atoms with Crippen LogP contribution >= 0.6 is 0 Å². The Hall–Kier alpha value is -2.90. The maximum absolute atomic E-state index is 12.0. The number of hydrogen-bond acceptors (Lipinski definition) is 7. The third-order valence-electron chi connectivity index (χ3n) is 3.88. The molecule has 1 fully saturated rings.